The Morgan fingerprint density at radius 2 is 1.61 bits per heavy atom. The SMILES string of the molecule is CC(O)CC(C)O.Cc1ccc2ccc3ccc[c-]c3c2n1.[Rh]. The normalized spacial score (nSPS) is 12.9. The first kappa shape index (κ1) is 19.7. The molecular weight excluding hydrogens is 377 g/mol. The number of nitrogens with zero attached hydrogens (tertiary/aromatic N) is 1. The van der Waals surface area contributed by atoms with Crippen molar-refractivity contribution in [1.29, 1.82) is 0 Å². The number of aryl methyl sites for hydroxylation is 1. The van der Waals surface area contributed by atoms with E-state index < -0.39 is 0 Å². The van der Waals surface area contributed by atoms with Crippen molar-refractivity contribution in [1.82, 2.24) is 4.98 Å². The van der Waals surface area contributed by atoms with Gasteiger partial charge in [0.15, 0.2) is 0 Å². The molecule has 0 saturated carbocycles. The summed E-state index contributed by atoms with van der Waals surface area (Å²) in [5, 5.41) is 20.6. The van der Waals surface area contributed by atoms with Crippen LogP contribution in [0.5, 0.6) is 0 Å². The molecule has 0 aliphatic carbocycles. The zero-order chi connectivity index (χ0) is 16.1. The number of hydrogen-bond donors (Lipinski definition) is 2. The van der Waals surface area contributed by atoms with Crippen LogP contribution in [0.2, 0.25) is 0 Å². The second kappa shape index (κ2) is 9.07. The minimum absolute atomic E-state index is 0. The van der Waals surface area contributed by atoms with E-state index in [9.17, 15) is 0 Å². The van der Waals surface area contributed by atoms with Crippen molar-refractivity contribution in [2.45, 2.75) is 39.4 Å². The Bertz CT molecular complexity index is 751. The monoisotopic (exact) mass is 399 g/mol. The fraction of sp³-hybridized carbons (Fsp3) is 0.316. The van der Waals surface area contributed by atoms with Gasteiger partial charge in [0.1, 0.15) is 0 Å². The molecule has 0 aliphatic rings. The molecule has 3 aromatic rings. The molecule has 2 unspecified atom stereocenters. The molecule has 3 rings (SSSR count). The van der Waals surface area contributed by atoms with Gasteiger partial charge < -0.3 is 15.2 Å². The van der Waals surface area contributed by atoms with E-state index in [2.05, 4.69) is 35.3 Å². The predicted octanol–water partition coefficient (Wildman–Crippen LogP) is 3.63. The maximum Gasteiger partial charge on any atom is 0.0536 e. The molecule has 0 amide bonds. The summed E-state index contributed by atoms with van der Waals surface area (Å²) in [5.41, 5.74) is 2.10. The summed E-state index contributed by atoms with van der Waals surface area (Å²) in [7, 11) is 0. The van der Waals surface area contributed by atoms with Crippen molar-refractivity contribution < 1.29 is 29.7 Å². The first-order valence-electron chi connectivity index (χ1n) is 7.50. The largest absolute Gasteiger partial charge is 0.393 e. The molecule has 3 nitrogen and oxygen atoms in total. The number of hydrogen-bond acceptors (Lipinski definition) is 3. The van der Waals surface area contributed by atoms with E-state index in [0.29, 0.717) is 6.42 Å². The third-order valence-corrected chi connectivity index (χ3v) is 3.32. The summed E-state index contributed by atoms with van der Waals surface area (Å²) >= 11 is 0. The van der Waals surface area contributed by atoms with E-state index >= 15 is 0 Å². The molecule has 2 atom stereocenters. The Morgan fingerprint density at radius 3 is 2.22 bits per heavy atom. The van der Waals surface area contributed by atoms with E-state index in [4.69, 9.17) is 10.2 Å². The predicted molar refractivity (Wildman–Crippen MR) is 90.8 cm³/mol. The molecule has 23 heavy (non-hydrogen) atoms. The molecule has 2 N–H and O–H groups in total. The van der Waals surface area contributed by atoms with Crippen LogP contribution in [0.1, 0.15) is 26.0 Å². The van der Waals surface area contributed by atoms with Gasteiger partial charge in [-0.05, 0) is 44.2 Å². The van der Waals surface area contributed by atoms with Gasteiger partial charge in [-0.2, -0.15) is 0 Å². The number of aliphatic hydroxyl groups is 2. The van der Waals surface area contributed by atoms with Gasteiger partial charge in [-0.1, -0.05) is 18.2 Å². The van der Waals surface area contributed by atoms with Crippen LogP contribution >= 0.6 is 0 Å². The van der Waals surface area contributed by atoms with Gasteiger partial charge in [0.2, 0.25) is 0 Å². The van der Waals surface area contributed by atoms with Crippen LogP contribution in [0.25, 0.3) is 21.7 Å². The number of aromatic nitrogens is 1. The zero-order valence-electron chi connectivity index (χ0n) is 13.6. The van der Waals surface area contributed by atoms with Crippen LogP contribution in [-0.4, -0.2) is 27.4 Å². The minimum atomic E-state index is -0.375. The van der Waals surface area contributed by atoms with Gasteiger partial charge in [-0.25, -0.2) is 0 Å². The summed E-state index contributed by atoms with van der Waals surface area (Å²) in [6.45, 7) is 5.33. The fourth-order valence-corrected chi connectivity index (χ4v) is 2.37. The molecule has 2 aromatic carbocycles. The van der Waals surface area contributed by atoms with Crippen LogP contribution in [-0.2, 0) is 19.5 Å². The van der Waals surface area contributed by atoms with Gasteiger partial charge in [-0.3, -0.25) is 0 Å². The molecule has 0 spiro atoms. The van der Waals surface area contributed by atoms with E-state index in [1.807, 2.05) is 25.1 Å². The zero-order valence-corrected chi connectivity index (χ0v) is 15.2. The summed E-state index contributed by atoms with van der Waals surface area (Å²) in [6.07, 6.45) is -0.278. The third-order valence-electron chi connectivity index (χ3n) is 3.32. The fourth-order valence-electron chi connectivity index (χ4n) is 2.37. The average molecular weight is 399 g/mol. The summed E-state index contributed by atoms with van der Waals surface area (Å²) in [5.74, 6) is 0. The van der Waals surface area contributed by atoms with Gasteiger partial charge in [0.05, 0.1) is 12.2 Å². The number of pyridine rings is 1. The molecule has 1 heterocycles. The van der Waals surface area contributed by atoms with E-state index in [1.165, 1.54) is 10.8 Å². The van der Waals surface area contributed by atoms with Crippen molar-refractivity contribution in [3.8, 4) is 0 Å². The Morgan fingerprint density at radius 1 is 1.00 bits per heavy atom. The molecule has 1 aromatic heterocycles. The molecule has 1 radical (unpaired) electrons. The number of benzene rings is 2. The Hall–Kier alpha value is -1.35. The van der Waals surface area contributed by atoms with Crippen LogP contribution in [0.15, 0.2) is 42.5 Å². The van der Waals surface area contributed by atoms with Gasteiger partial charge in [-0.15, -0.1) is 35.0 Å². The Labute approximate surface area is 150 Å². The van der Waals surface area contributed by atoms with E-state index in [-0.39, 0.29) is 31.7 Å². The van der Waals surface area contributed by atoms with Crippen molar-refractivity contribution in [3.05, 3.63) is 54.2 Å². The molecule has 4 heteroatoms. The van der Waals surface area contributed by atoms with Crippen molar-refractivity contribution in [3.63, 3.8) is 0 Å². The topological polar surface area (TPSA) is 53.4 Å². The van der Waals surface area contributed by atoms with Crippen LogP contribution < -0.4 is 0 Å². The molecule has 0 bridgehead atoms. The van der Waals surface area contributed by atoms with Crippen LogP contribution in [0.4, 0.5) is 0 Å². The summed E-state index contributed by atoms with van der Waals surface area (Å²) < 4.78 is 0. The summed E-state index contributed by atoms with van der Waals surface area (Å²) in [4.78, 5) is 4.57. The van der Waals surface area contributed by atoms with Crippen LogP contribution in [0, 0.1) is 13.0 Å². The van der Waals surface area contributed by atoms with Gasteiger partial charge in [0, 0.05) is 25.2 Å². The van der Waals surface area contributed by atoms with Crippen molar-refractivity contribution in [2.75, 3.05) is 0 Å². The molecule has 0 saturated heterocycles. The van der Waals surface area contributed by atoms with Gasteiger partial charge >= 0.3 is 0 Å². The standard InChI is InChI=1S/C14H10N.C5H12O2.Rh/c1-10-6-7-12-9-8-11-4-2-3-5-13(11)14(12)15-10;1-4(6)3-5(2)7;/h2-4,6-9H,1H3;4-7H,3H2,1-2H3;/q-1;;. The second-order valence-electron chi connectivity index (χ2n) is 5.66. The number of rotatable bonds is 2. The minimum Gasteiger partial charge on any atom is -0.393 e. The van der Waals surface area contributed by atoms with E-state index in [0.717, 1.165) is 16.6 Å². The smallest absolute Gasteiger partial charge is 0.0536 e. The molecule has 0 fully saturated rings. The summed E-state index contributed by atoms with van der Waals surface area (Å²) in [6, 6.07) is 17.7. The first-order valence-corrected chi connectivity index (χ1v) is 7.50. The Balaban J connectivity index is 0.000000287. The first-order chi connectivity index (χ1) is 10.5. The quantitative estimate of drug-likeness (QED) is 0.393. The molecule has 125 valence electrons. The Kier molecular flexibility index (Phi) is 7.77. The van der Waals surface area contributed by atoms with Crippen molar-refractivity contribution in [2.24, 2.45) is 0 Å². The molecule has 0 aliphatic heterocycles. The third kappa shape index (κ3) is 5.65. The second-order valence-corrected chi connectivity index (χ2v) is 5.66. The number of aliphatic hydroxyl groups excluding tert-OH is 2. The van der Waals surface area contributed by atoms with Gasteiger partial charge in [0.25, 0.3) is 0 Å². The average Bonchev–Trinajstić information content (AvgIpc) is 2.46. The maximum atomic E-state index is 8.56. The molecular formula is C19H22NO2Rh-. The maximum absolute atomic E-state index is 8.56. The van der Waals surface area contributed by atoms with Crippen LogP contribution in [0.3, 0.4) is 0 Å². The number of fused-ring (bicyclic) bond motifs is 3. The van der Waals surface area contributed by atoms with E-state index in [1.54, 1.807) is 13.8 Å². The van der Waals surface area contributed by atoms with Crippen molar-refractivity contribution >= 4 is 21.7 Å².